The van der Waals surface area contributed by atoms with Crippen molar-refractivity contribution in [1.29, 1.82) is 0 Å². The highest BCUT2D eigenvalue weighted by Crippen LogP contribution is 2.24. The zero-order valence-electron chi connectivity index (χ0n) is 8.39. The molecule has 0 heterocycles. The molecule has 78 valence electrons. The maximum atomic E-state index is 13.0. The van der Waals surface area contributed by atoms with Crippen molar-refractivity contribution in [2.75, 3.05) is 5.75 Å². The molecule has 0 unspecified atom stereocenters. The Morgan fingerprint density at radius 1 is 1.43 bits per heavy atom. The second-order valence-corrected chi connectivity index (χ2v) is 5.18. The van der Waals surface area contributed by atoms with Crippen molar-refractivity contribution in [3.63, 3.8) is 0 Å². The Morgan fingerprint density at radius 2 is 2.14 bits per heavy atom. The van der Waals surface area contributed by atoms with Crippen LogP contribution in [0.2, 0.25) is 5.02 Å². The molecule has 0 aliphatic rings. The summed E-state index contributed by atoms with van der Waals surface area (Å²) in [5.74, 6) is 1.39. The highest BCUT2D eigenvalue weighted by molar-refractivity contribution is 7.99. The Hall–Kier alpha value is -0.210. The van der Waals surface area contributed by atoms with Gasteiger partial charge >= 0.3 is 0 Å². The van der Waals surface area contributed by atoms with Crippen LogP contribution in [0.5, 0.6) is 0 Å². The molecule has 1 aromatic carbocycles. The first kappa shape index (κ1) is 11.9. The molecular weight excluding hydrogens is 219 g/mol. The van der Waals surface area contributed by atoms with Gasteiger partial charge < -0.3 is 0 Å². The third-order valence-corrected chi connectivity index (χ3v) is 3.19. The SMILES string of the molecule is CC(C)CCSc1ccc(Cl)c(F)c1. The molecule has 0 bridgehead atoms. The van der Waals surface area contributed by atoms with E-state index in [0.717, 1.165) is 17.1 Å². The molecule has 1 aromatic rings. The Morgan fingerprint density at radius 3 is 2.71 bits per heavy atom. The molecule has 1 rings (SSSR count). The molecule has 0 spiro atoms. The number of benzene rings is 1. The Balaban J connectivity index is 2.47. The van der Waals surface area contributed by atoms with Crippen LogP contribution in [-0.4, -0.2) is 5.75 Å². The molecule has 0 fully saturated rings. The minimum Gasteiger partial charge on any atom is -0.205 e. The molecule has 0 N–H and O–H groups in total. The van der Waals surface area contributed by atoms with Gasteiger partial charge in [0.2, 0.25) is 0 Å². The third-order valence-electron chi connectivity index (χ3n) is 1.85. The van der Waals surface area contributed by atoms with Crippen LogP contribution in [0.25, 0.3) is 0 Å². The standard InChI is InChI=1S/C11H14ClFS/c1-8(2)5-6-14-9-3-4-10(12)11(13)7-9/h3-4,7-8H,5-6H2,1-2H3. The van der Waals surface area contributed by atoms with Gasteiger partial charge in [0.25, 0.3) is 0 Å². The van der Waals surface area contributed by atoms with Crippen LogP contribution >= 0.6 is 23.4 Å². The van der Waals surface area contributed by atoms with E-state index in [9.17, 15) is 4.39 Å². The maximum absolute atomic E-state index is 13.0. The van der Waals surface area contributed by atoms with Gasteiger partial charge in [-0.1, -0.05) is 25.4 Å². The second-order valence-electron chi connectivity index (χ2n) is 3.61. The first-order valence-corrected chi connectivity index (χ1v) is 6.04. The molecule has 0 saturated carbocycles. The smallest absolute Gasteiger partial charge is 0.142 e. The zero-order chi connectivity index (χ0) is 10.6. The van der Waals surface area contributed by atoms with E-state index in [4.69, 9.17) is 11.6 Å². The van der Waals surface area contributed by atoms with Gasteiger partial charge in [-0.05, 0) is 36.3 Å². The Kier molecular flexibility index (Phi) is 4.76. The molecule has 0 amide bonds. The van der Waals surface area contributed by atoms with Gasteiger partial charge in [0.05, 0.1) is 5.02 Å². The normalized spacial score (nSPS) is 10.9. The van der Waals surface area contributed by atoms with E-state index in [1.165, 1.54) is 6.07 Å². The van der Waals surface area contributed by atoms with E-state index in [2.05, 4.69) is 13.8 Å². The molecule has 0 radical (unpaired) electrons. The van der Waals surface area contributed by atoms with Crippen LogP contribution in [0, 0.1) is 11.7 Å². The number of hydrogen-bond donors (Lipinski definition) is 0. The lowest BCUT2D eigenvalue weighted by Crippen LogP contribution is -1.89. The molecule has 0 aliphatic heterocycles. The summed E-state index contributed by atoms with van der Waals surface area (Å²) < 4.78 is 13.0. The number of thioether (sulfide) groups is 1. The van der Waals surface area contributed by atoms with E-state index in [1.807, 2.05) is 6.07 Å². The summed E-state index contributed by atoms with van der Waals surface area (Å²) in [6.45, 7) is 4.37. The van der Waals surface area contributed by atoms with Crippen molar-refractivity contribution in [2.24, 2.45) is 5.92 Å². The van der Waals surface area contributed by atoms with E-state index in [-0.39, 0.29) is 10.8 Å². The summed E-state index contributed by atoms with van der Waals surface area (Å²) in [5.41, 5.74) is 0. The number of rotatable bonds is 4. The van der Waals surface area contributed by atoms with Gasteiger partial charge in [-0.2, -0.15) is 0 Å². The van der Waals surface area contributed by atoms with E-state index >= 15 is 0 Å². The second kappa shape index (κ2) is 5.62. The van der Waals surface area contributed by atoms with Crippen molar-refractivity contribution in [1.82, 2.24) is 0 Å². The summed E-state index contributed by atoms with van der Waals surface area (Å²) in [6, 6.07) is 4.96. The van der Waals surface area contributed by atoms with Crippen LogP contribution in [-0.2, 0) is 0 Å². The summed E-state index contributed by atoms with van der Waals surface area (Å²) in [6.07, 6.45) is 1.15. The minimum atomic E-state index is -0.332. The topological polar surface area (TPSA) is 0 Å². The Bertz CT molecular complexity index is 299. The third kappa shape index (κ3) is 3.89. The van der Waals surface area contributed by atoms with E-state index < -0.39 is 0 Å². The van der Waals surface area contributed by atoms with Crippen molar-refractivity contribution in [3.8, 4) is 0 Å². The fourth-order valence-electron chi connectivity index (χ4n) is 0.979. The summed E-state index contributed by atoms with van der Waals surface area (Å²) in [5, 5.41) is 0.193. The quantitative estimate of drug-likeness (QED) is 0.683. The first-order chi connectivity index (χ1) is 6.59. The lowest BCUT2D eigenvalue weighted by Gasteiger charge is -2.04. The van der Waals surface area contributed by atoms with Crippen LogP contribution in [0.4, 0.5) is 4.39 Å². The molecule has 3 heteroatoms. The van der Waals surface area contributed by atoms with Gasteiger partial charge in [-0.3, -0.25) is 0 Å². The minimum absolute atomic E-state index is 0.193. The lowest BCUT2D eigenvalue weighted by molar-refractivity contribution is 0.624. The lowest BCUT2D eigenvalue weighted by atomic mass is 10.2. The molecule has 14 heavy (non-hydrogen) atoms. The van der Waals surface area contributed by atoms with Crippen LogP contribution in [0.1, 0.15) is 20.3 Å². The molecule has 0 nitrogen and oxygen atoms in total. The molecule has 0 aromatic heterocycles. The largest absolute Gasteiger partial charge is 0.205 e. The fraction of sp³-hybridized carbons (Fsp3) is 0.455. The molecular formula is C11H14ClFS. The van der Waals surface area contributed by atoms with Crippen LogP contribution in [0.3, 0.4) is 0 Å². The van der Waals surface area contributed by atoms with Crippen molar-refractivity contribution < 1.29 is 4.39 Å². The van der Waals surface area contributed by atoms with Gasteiger partial charge in [0, 0.05) is 4.90 Å². The Labute approximate surface area is 93.8 Å². The van der Waals surface area contributed by atoms with Crippen molar-refractivity contribution in [2.45, 2.75) is 25.2 Å². The molecule has 0 atom stereocenters. The predicted octanol–water partition coefficient (Wildman–Crippen LogP) is 4.62. The summed E-state index contributed by atoms with van der Waals surface area (Å²) in [4.78, 5) is 0.951. The molecule has 0 saturated heterocycles. The average molecular weight is 233 g/mol. The van der Waals surface area contributed by atoms with E-state index in [1.54, 1.807) is 17.8 Å². The molecule has 0 aliphatic carbocycles. The zero-order valence-corrected chi connectivity index (χ0v) is 9.96. The van der Waals surface area contributed by atoms with Gasteiger partial charge in [0.1, 0.15) is 5.82 Å². The average Bonchev–Trinajstić information content (AvgIpc) is 2.10. The van der Waals surface area contributed by atoms with Gasteiger partial charge in [-0.15, -0.1) is 11.8 Å². The van der Waals surface area contributed by atoms with Crippen LogP contribution in [0.15, 0.2) is 23.1 Å². The summed E-state index contributed by atoms with van der Waals surface area (Å²) in [7, 11) is 0. The number of hydrogen-bond acceptors (Lipinski definition) is 1. The highest BCUT2D eigenvalue weighted by Gasteiger charge is 2.01. The summed E-state index contributed by atoms with van der Waals surface area (Å²) >= 11 is 7.25. The van der Waals surface area contributed by atoms with Crippen molar-refractivity contribution >= 4 is 23.4 Å². The van der Waals surface area contributed by atoms with Crippen LogP contribution < -0.4 is 0 Å². The maximum Gasteiger partial charge on any atom is 0.142 e. The first-order valence-electron chi connectivity index (χ1n) is 4.67. The van der Waals surface area contributed by atoms with Crippen molar-refractivity contribution in [3.05, 3.63) is 29.0 Å². The number of halogens is 2. The van der Waals surface area contributed by atoms with Gasteiger partial charge in [-0.25, -0.2) is 4.39 Å². The van der Waals surface area contributed by atoms with Gasteiger partial charge in [0.15, 0.2) is 0 Å². The monoisotopic (exact) mass is 232 g/mol. The van der Waals surface area contributed by atoms with E-state index in [0.29, 0.717) is 5.92 Å². The highest BCUT2D eigenvalue weighted by atomic mass is 35.5. The fourth-order valence-corrected chi connectivity index (χ4v) is 2.27. The predicted molar refractivity (Wildman–Crippen MR) is 61.6 cm³/mol.